The zero-order valence-electron chi connectivity index (χ0n) is 9.13. The second-order valence-corrected chi connectivity index (χ2v) is 3.75. The first-order valence-electron chi connectivity index (χ1n) is 5.26. The van der Waals surface area contributed by atoms with E-state index in [4.69, 9.17) is 0 Å². The van der Waals surface area contributed by atoms with E-state index in [9.17, 15) is 15.0 Å². The third-order valence-corrected chi connectivity index (χ3v) is 2.55. The molecule has 0 aliphatic rings. The minimum absolute atomic E-state index is 0.0343. The second kappa shape index (κ2) is 4.70. The summed E-state index contributed by atoms with van der Waals surface area (Å²) < 4.78 is 0. The van der Waals surface area contributed by atoms with Gasteiger partial charge >= 0.3 is 0 Å². The molecule has 0 aliphatic heterocycles. The zero-order chi connectivity index (χ0) is 12.3. The quantitative estimate of drug-likeness (QED) is 0.793. The molecule has 17 heavy (non-hydrogen) atoms. The fourth-order valence-corrected chi connectivity index (χ4v) is 1.64. The summed E-state index contributed by atoms with van der Waals surface area (Å²) in [5, 5.41) is 19.1. The third-order valence-electron chi connectivity index (χ3n) is 2.55. The van der Waals surface area contributed by atoms with Gasteiger partial charge in [-0.15, -0.1) is 0 Å². The van der Waals surface area contributed by atoms with Crippen LogP contribution < -0.4 is 0 Å². The van der Waals surface area contributed by atoms with E-state index in [0.29, 0.717) is 5.56 Å². The van der Waals surface area contributed by atoms with Gasteiger partial charge in [0.15, 0.2) is 5.78 Å². The van der Waals surface area contributed by atoms with Crippen molar-refractivity contribution in [1.29, 1.82) is 0 Å². The summed E-state index contributed by atoms with van der Waals surface area (Å²) in [6.45, 7) is 0. The average Bonchev–Trinajstić information content (AvgIpc) is 2.32. The number of hydrogen-bond donors (Lipinski definition) is 2. The zero-order valence-corrected chi connectivity index (χ0v) is 9.13. The van der Waals surface area contributed by atoms with E-state index < -0.39 is 0 Å². The Bertz CT molecular complexity index is 547. The molecule has 0 heterocycles. The first-order chi connectivity index (χ1) is 8.18. The summed E-state index contributed by atoms with van der Waals surface area (Å²) in [4.78, 5) is 11.9. The Morgan fingerprint density at radius 3 is 2.12 bits per heavy atom. The number of para-hydroxylation sites is 2. The molecule has 0 amide bonds. The van der Waals surface area contributed by atoms with Gasteiger partial charge in [0, 0.05) is 12.0 Å². The lowest BCUT2D eigenvalue weighted by atomic mass is 10.0. The summed E-state index contributed by atoms with van der Waals surface area (Å²) in [5.41, 5.74) is 0.830. The second-order valence-electron chi connectivity index (χ2n) is 3.75. The maximum absolute atomic E-state index is 11.9. The minimum atomic E-state index is -0.218. The molecule has 0 saturated carbocycles. The number of Topliss-reactive ketones (excluding diaryl/α,β-unsaturated/α-hetero) is 1. The van der Waals surface area contributed by atoms with Crippen LogP contribution in [0.3, 0.4) is 0 Å². The molecule has 3 heteroatoms. The van der Waals surface area contributed by atoms with Gasteiger partial charge in [-0.05, 0) is 18.2 Å². The SMILES string of the molecule is O=C(Cc1ccccc1O)c1ccccc1O. The fourth-order valence-electron chi connectivity index (χ4n) is 1.64. The Hall–Kier alpha value is -2.29. The van der Waals surface area contributed by atoms with Crippen molar-refractivity contribution < 1.29 is 15.0 Å². The molecule has 0 spiro atoms. The van der Waals surface area contributed by atoms with Crippen LogP contribution in [0.1, 0.15) is 15.9 Å². The maximum Gasteiger partial charge on any atom is 0.171 e. The summed E-state index contributed by atoms with van der Waals surface area (Å²) in [5.74, 6) is -0.159. The Morgan fingerprint density at radius 1 is 0.882 bits per heavy atom. The van der Waals surface area contributed by atoms with E-state index in [-0.39, 0.29) is 29.3 Å². The van der Waals surface area contributed by atoms with Crippen LogP contribution in [0, 0.1) is 0 Å². The first kappa shape index (κ1) is 11.2. The van der Waals surface area contributed by atoms with Gasteiger partial charge in [-0.3, -0.25) is 4.79 Å². The van der Waals surface area contributed by atoms with E-state index in [0.717, 1.165) is 0 Å². The van der Waals surface area contributed by atoms with Crippen LogP contribution in [0.5, 0.6) is 11.5 Å². The molecule has 0 fully saturated rings. The third kappa shape index (κ3) is 2.45. The van der Waals surface area contributed by atoms with Gasteiger partial charge in [0.25, 0.3) is 0 Å². The number of aromatic hydroxyl groups is 2. The van der Waals surface area contributed by atoms with Gasteiger partial charge in [-0.25, -0.2) is 0 Å². The number of carbonyl (C=O) groups is 1. The fraction of sp³-hybridized carbons (Fsp3) is 0.0714. The van der Waals surface area contributed by atoms with E-state index in [2.05, 4.69) is 0 Å². The van der Waals surface area contributed by atoms with Crippen molar-refractivity contribution in [3.63, 3.8) is 0 Å². The van der Waals surface area contributed by atoms with Gasteiger partial charge in [-0.1, -0.05) is 30.3 Å². The van der Waals surface area contributed by atoms with E-state index >= 15 is 0 Å². The van der Waals surface area contributed by atoms with Crippen molar-refractivity contribution in [2.75, 3.05) is 0 Å². The van der Waals surface area contributed by atoms with Gasteiger partial charge in [-0.2, -0.15) is 0 Å². The molecular weight excluding hydrogens is 216 g/mol. The van der Waals surface area contributed by atoms with Crippen molar-refractivity contribution in [2.45, 2.75) is 6.42 Å². The summed E-state index contributed by atoms with van der Waals surface area (Å²) >= 11 is 0. The number of benzene rings is 2. The van der Waals surface area contributed by atoms with Crippen molar-refractivity contribution in [3.05, 3.63) is 59.7 Å². The van der Waals surface area contributed by atoms with Gasteiger partial charge in [0.05, 0.1) is 5.56 Å². The number of carbonyl (C=O) groups excluding carboxylic acids is 1. The van der Waals surface area contributed by atoms with Crippen molar-refractivity contribution in [1.82, 2.24) is 0 Å². The van der Waals surface area contributed by atoms with Crippen molar-refractivity contribution in [2.24, 2.45) is 0 Å². The van der Waals surface area contributed by atoms with E-state index in [1.54, 1.807) is 36.4 Å². The minimum Gasteiger partial charge on any atom is -0.508 e. The molecule has 0 saturated heterocycles. The topological polar surface area (TPSA) is 57.5 Å². The number of rotatable bonds is 3. The van der Waals surface area contributed by atoms with Crippen molar-refractivity contribution in [3.8, 4) is 11.5 Å². The molecule has 0 bridgehead atoms. The molecule has 2 aromatic carbocycles. The van der Waals surface area contributed by atoms with Gasteiger partial charge < -0.3 is 10.2 Å². The van der Waals surface area contributed by atoms with E-state index in [1.165, 1.54) is 12.1 Å². The number of phenols is 2. The molecule has 2 N–H and O–H groups in total. The average molecular weight is 228 g/mol. The first-order valence-corrected chi connectivity index (χ1v) is 5.26. The number of hydrogen-bond acceptors (Lipinski definition) is 3. The molecule has 0 radical (unpaired) electrons. The Labute approximate surface area is 99.0 Å². The lowest BCUT2D eigenvalue weighted by molar-refractivity contribution is 0.0989. The number of phenolic OH excluding ortho intramolecular Hbond substituents is 2. The van der Waals surface area contributed by atoms with Gasteiger partial charge in [0.2, 0.25) is 0 Å². The predicted octanol–water partition coefficient (Wildman–Crippen LogP) is 2.52. The molecule has 2 aromatic rings. The molecule has 0 aliphatic carbocycles. The predicted molar refractivity (Wildman–Crippen MR) is 64.2 cm³/mol. The Balaban J connectivity index is 2.24. The van der Waals surface area contributed by atoms with Crippen LogP contribution >= 0.6 is 0 Å². The molecule has 0 atom stereocenters. The molecule has 0 aromatic heterocycles. The summed E-state index contributed by atoms with van der Waals surface area (Å²) in [7, 11) is 0. The monoisotopic (exact) mass is 228 g/mol. The largest absolute Gasteiger partial charge is 0.508 e. The van der Waals surface area contributed by atoms with Crippen LogP contribution in [-0.4, -0.2) is 16.0 Å². The highest BCUT2D eigenvalue weighted by Gasteiger charge is 2.12. The van der Waals surface area contributed by atoms with Crippen LogP contribution in [0.25, 0.3) is 0 Å². The van der Waals surface area contributed by atoms with Crippen LogP contribution in [0.4, 0.5) is 0 Å². The molecule has 2 rings (SSSR count). The Morgan fingerprint density at radius 2 is 1.47 bits per heavy atom. The van der Waals surface area contributed by atoms with Gasteiger partial charge in [0.1, 0.15) is 11.5 Å². The summed E-state index contributed by atoms with van der Waals surface area (Å²) in [6, 6.07) is 13.1. The lowest BCUT2D eigenvalue weighted by Gasteiger charge is -2.05. The molecule has 3 nitrogen and oxygen atoms in total. The standard InChI is InChI=1S/C14H12O3/c15-12-7-3-1-5-10(12)9-14(17)11-6-2-4-8-13(11)16/h1-8,15-16H,9H2. The van der Waals surface area contributed by atoms with Crippen molar-refractivity contribution >= 4 is 5.78 Å². The molecule has 86 valence electrons. The smallest absolute Gasteiger partial charge is 0.171 e. The van der Waals surface area contributed by atoms with Crippen LogP contribution in [-0.2, 0) is 6.42 Å². The van der Waals surface area contributed by atoms with Crippen LogP contribution in [0.2, 0.25) is 0 Å². The highest BCUT2D eigenvalue weighted by atomic mass is 16.3. The normalized spacial score (nSPS) is 10.1. The van der Waals surface area contributed by atoms with E-state index in [1.807, 2.05) is 0 Å². The lowest BCUT2D eigenvalue weighted by Crippen LogP contribution is -2.03. The highest BCUT2D eigenvalue weighted by molar-refractivity contribution is 6.00. The highest BCUT2D eigenvalue weighted by Crippen LogP contribution is 2.21. The maximum atomic E-state index is 11.9. The number of ketones is 1. The summed E-state index contributed by atoms with van der Waals surface area (Å²) in [6.07, 6.45) is 0.0737. The van der Waals surface area contributed by atoms with Crippen LogP contribution in [0.15, 0.2) is 48.5 Å². The molecule has 0 unspecified atom stereocenters. The molecular formula is C14H12O3. The Kier molecular flexibility index (Phi) is 3.10.